The molecule has 0 unspecified atom stereocenters. The maximum atomic E-state index is 4.97. The molecule has 4 nitrogen and oxygen atoms in total. The van der Waals surface area contributed by atoms with E-state index in [4.69, 9.17) is 4.98 Å². The fourth-order valence-electron chi connectivity index (χ4n) is 7.59. The number of rotatable bonds is 6. The number of fused-ring (bicyclic) bond motifs is 4. The Morgan fingerprint density at radius 1 is 0.556 bits per heavy atom. The lowest BCUT2D eigenvalue weighted by Crippen LogP contribution is -2.27. The monoisotopic (exact) mass is 728 g/mol. The Morgan fingerprint density at radius 2 is 1.24 bits per heavy atom. The summed E-state index contributed by atoms with van der Waals surface area (Å²) in [5.74, 6) is 0.956. The van der Waals surface area contributed by atoms with Crippen LogP contribution in [0.1, 0.15) is 84.6 Å². The molecular weight excluding hydrogens is 677 g/mol. The summed E-state index contributed by atoms with van der Waals surface area (Å²) in [6.07, 6.45) is 1.96. The molecule has 0 saturated carbocycles. The molecule has 5 heteroatoms. The molecule has 0 radical (unpaired) electrons. The van der Waals surface area contributed by atoms with E-state index in [0.717, 1.165) is 19.0 Å². The van der Waals surface area contributed by atoms with Gasteiger partial charge in [-0.15, -0.1) is 0 Å². The van der Waals surface area contributed by atoms with Gasteiger partial charge in [0.1, 0.15) is 5.82 Å². The van der Waals surface area contributed by atoms with Gasteiger partial charge in [0.15, 0.2) is 0 Å². The van der Waals surface area contributed by atoms with Crippen LogP contribution in [0.4, 0.5) is 17.1 Å². The van der Waals surface area contributed by atoms with Gasteiger partial charge in [0.2, 0.25) is 0 Å². The molecular formula is C49H52N4S. The van der Waals surface area contributed by atoms with E-state index in [9.17, 15) is 0 Å². The Bertz CT molecular complexity index is 2490. The van der Waals surface area contributed by atoms with E-state index >= 15 is 0 Å². The van der Waals surface area contributed by atoms with Crippen molar-refractivity contribution >= 4 is 50.6 Å². The van der Waals surface area contributed by atoms with E-state index in [-0.39, 0.29) is 16.2 Å². The molecule has 54 heavy (non-hydrogen) atoms. The first-order valence-corrected chi connectivity index (χ1v) is 20.0. The number of hydrogen-bond donors (Lipinski definition) is 0. The zero-order valence-corrected chi connectivity index (χ0v) is 34.1. The van der Waals surface area contributed by atoms with Gasteiger partial charge < -0.3 is 9.80 Å². The Labute approximate surface area is 325 Å². The fraction of sp³-hybridized carbons (Fsp3) is 0.286. The second kappa shape index (κ2) is 13.4. The third-order valence-corrected chi connectivity index (χ3v) is 11.8. The molecule has 0 atom stereocenters. The summed E-state index contributed by atoms with van der Waals surface area (Å²) in [7, 11) is 0. The van der Waals surface area contributed by atoms with E-state index in [0.29, 0.717) is 0 Å². The van der Waals surface area contributed by atoms with Gasteiger partial charge in [-0.3, -0.25) is 4.57 Å². The Balaban J connectivity index is 1.23. The minimum Gasteiger partial charge on any atom is -0.347 e. The van der Waals surface area contributed by atoms with Crippen LogP contribution in [-0.4, -0.2) is 16.2 Å². The third-order valence-electron chi connectivity index (χ3n) is 10.8. The van der Waals surface area contributed by atoms with Gasteiger partial charge in [0.25, 0.3) is 0 Å². The van der Waals surface area contributed by atoms with Crippen molar-refractivity contribution in [3.8, 4) is 5.82 Å². The summed E-state index contributed by atoms with van der Waals surface area (Å²) in [6, 6.07) is 45.2. The van der Waals surface area contributed by atoms with E-state index in [2.05, 4.69) is 198 Å². The van der Waals surface area contributed by atoms with Crippen LogP contribution in [0.2, 0.25) is 0 Å². The first kappa shape index (κ1) is 36.0. The molecule has 1 aliphatic rings. The van der Waals surface area contributed by atoms with Crippen molar-refractivity contribution in [1.29, 1.82) is 0 Å². The quantitative estimate of drug-likeness (QED) is 0.170. The molecule has 5 aromatic carbocycles. The zero-order valence-electron chi connectivity index (χ0n) is 33.2. The number of pyridine rings is 1. The number of anilines is 3. The normalized spacial score (nSPS) is 13.6. The maximum absolute atomic E-state index is 4.97. The minimum atomic E-state index is -0.0147. The maximum Gasteiger partial charge on any atom is 0.137 e. The highest BCUT2D eigenvalue weighted by molar-refractivity contribution is 7.99. The molecule has 0 amide bonds. The Morgan fingerprint density at radius 3 is 1.96 bits per heavy atom. The number of aromatic nitrogens is 2. The van der Waals surface area contributed by atoms with Crippen LogP contribution >= 0.6 is 11.8 Å². The number of para-hydroxylation sites is 2. The molecule has 0 N–H and O–H groups in total. The van der Waals surface area contributed by atoms with Crippen molar-refractivity contribution in [2.45, 2.75) is 94.9 Å². The van der Waals surface area contributed by atoms with E-state index in [1.165, 1.54) is 70.9 Å². The molecule has 0 bridgehead atoms. The molecule has 7 aromatic rings. The first-order valence-electron chi connectivity index (χ1n) is 19.2. The van der Waals surface area contributed by atoms with Crippen LogP contribution in [0, 0.1) is 0 Å². The average molecular weight is 729 g/mol. The second-order valence-electron chi connectivity index (χ2n) is 18.0. The van der Waals surface area contributed by atoms with Gasteiger partial charge in [-0.25, -0.2) is 4.98 Å². The van der Waals surface area contributed by atoms with Crippen molar-refractivity contribution in [2.24, 2.45) is 0 Å². The molecule has 1 aliphatic heterocycles. The predicted molar refractivity (Wildman–Crippen MR) is 231 cm³/mol. The van der Waals surface area contributed by atoms with Crippen LogP contribution in [-0.2, 0) is 22.8 Å². The van der Waals surface area contributed by atoms with Crippen LogP contribution in [0.25, 0.3) is 27.6 Å². The third kappa shape index (κ3) is 6.91. The van der Waals surface area contributed by atoms with Gasteiger partial charge in [0, 0.05) is 39.0 Å². The van der Waals surface area contributed by atoms with E-state index in [1.54, 1.807) is 0 Å². The summed E-state index contributed by atoms with van der Waals surface area (Å²) in [5, 5.41) is 2.52. The van der Waals surface area contributed by atoms with Crippen molar-refractivity contribution in [3.63, 3.8) is 0 Å². The highest BCUT2D eigenvalue weighted by Crippen LogP contribution is 2.45. The molecule has 0 saturated heterocycles. The molecule has 274 valence electrons. The van der Waals surface area contributed by atoms with Crippen LogP contribution in [0.3, 0.4) is 0 Å². The van der Waals surface area contributed by atoms with Gasteiger partial charge in [-0.1, -0.05) is 129 Å². The standard InChI is InChI=1S/C49H52N4S/c1-47(2,3)34-19-22-42-41(27-34)40-21-20-38(30-45(40)53(42)46-28-35(23-24-50-46)48(4,5)6)54-39-26-36(49(7,8)9)25-37(29-39)52-32-51(31-33-15-11-10-12-16-33)43-17-13-14-18-44(43)52/h10-30H,31-32H2,1-9H3. The number of hydrogen-bond acceptors (Lipinski definition) is 4. The lowest BCUT2D eigenvalue weighted by molar-refractivity contribution is 0.588. The predicted octanol–water partition coefficient (Wildman–Crippen LogP) is 13.3. The summed E-state index contributed by atoms with van der Waals surface area (Å²) in [4.78, 5) is 12.4. The lowest BCUT2D eigenvalue weighted by Gasteiger charge is -2.26. The first-order chi connectivity index (χ1) is 25.6. The average Bonchev–Trinajstić information content (AvgIpc) is 3.66. The molecule has 3 heterocycles. The van der Waals surface area contributed by atoms with Crippen LogP contribution in [0.5, 0.6) is 0 Å². The highest BCUT2D eigenvalue weighted by Gasteiger charge is 2.28. The van der Waals surface area contributed by atoms with Crippen LogP contribution in [0.15, 0.2) is 137 Å². The van der Waals surface area contributed by atoms with Gasteiger partial charge in [-0.05, 0) is 105 Å². The Kier molecular flexibility index (Phi) is 8.92. The highest BCUT2D eigenvalue weighted by atomic mass is 32.2. The molecule has 0 spiro atoms. The smallest absolute Gasteiger partial charge is 0.137 e. The number of nitrogens with zero attached hydrogens (tertiary/aromatic N) is 4. The van der Waals surface area contributed by atoms with Gasteiger partial charge >= 0.3 is 0 Å². The van der Waals surface area contributed by atoms with Crippen molar-refractivity contribution in [1.82, 2.24) is 9.55 Å². The summed E-state index contributed by atoms with van der Waals surface area (Å²) >= 11 is 1.84. The van der Waals surface area contributed by atoms with Gasteiger partial charge in [-0.2, -0.15) is 0 Å². The fourth-order valence-corrected chi connectivity index (χ4v) is 8.54. The zero-order chi connectivity index (χ0) is 38.0. The van der Waals surface area contributed by atoms with Crippen molar-refractivity contribution in [2.75, 3.05) is 16.5 Å². The molecule has 2 aromatic heterocycles. The molecule has 0 fully saturated rings. The van der Waals surface area contributed by atoms with Crippen molar-refractivity contribution in [3.05, 3.63) is 150 Å². The SMILES string of the molecule is CC(C)(C)c1cc(Sc2ccc3c4cc(C(C)(C)C)ccc4n(-c4cc(C(C)(C)C)ccn4)c3c2)cc(N2CN(Cc3ccccc3)c3ccccc32)c1. The molecule has 8 rings (SSSR count). The summed E-state index contributed by atoms with van der Waals surface area (Å²) < 4.78 is 2.37. The largest absolute Gasteiger partial charge is 0.347 e. The van der Waals surface area contributed by atoms with Crippen molar-refractivity contribution < 1.29 is 0 Å². The van der Waals surface area contributed by atoms with Crippen LogP contribution < -0.4 is 9.80 Å². The van der Waals surface area contributed by atoms with E-state index in [1.807, 2.05) is 18.0 Å². The minimum absolute atomic E-state index is 0.0147. The summed E-state index contributed by atoms with van der Waals surface area (Å²) in [5.41, 5.74) is 11.4. The number of benzene rings is 5. The van der Waals surface area contributed by atoms with E-state index < -0.39 is 0 Å². The Hall–Kier alpha value is -5.00. The lowest BCUT2D eigenvalue weighted by atomic mass is 9.86. The summed E-state index contributed by atoms with van der Waals surface area (Å²) in [6.45, 7) is 22.3. The second-order valence-corrected chi connectivity index (χ2v) is 19.1. The topological polar surface area (TPSA) is 24.3 Å². The van der Waals surface area contributed by atoms with Gasteiger partial charge in [0.05, 0.1) is 29.1 Å². The molecule has 0 aliphatic carbocycles.